The van der Waals surface area contributed by atoms with Crippen LogP contribution in [0.2, 0.25) is 0 Å². The van der Waals surface area contributed by atoms with Gasteiger partial charge in [-0.15, -0.1) is 0 Å². The van der Waals surface area contributed by atoms with Gasteiger partial charge in [0.15, 0.2) is 0 Å². The van der Waals surface area contributed by atoms with Gasteiger partial charge in [0.25, 0.3) is 0 Å². The number of anilines is 2. The number of carbonyl (C=O) groups is 1. The van der Waals surface area contributed by atoms with Crippen LogP contribution in [0.5, 0.6) is 0 Å². The molecule has 2 amide bonds. The van der Waals surface area contributed by atoms with E-state index in [0.717, 1.165) is 5.82 Å². The van der Waals surface area contributed by atoms with Crippen LogP contribution in [0.15, 0.2) is 41.1 Å². The highest BCUT2D eigenvalue weighted by molar-refractivity contribution is 5.89. The van der Waals surface area contributed by atoms with Crippen molar-refractivity contribution >= 4 is 17.5 Å². The summed E-state index contributed by atoms with van der Waals surface area (Å²) in [6.07, 6.45) is 3.04. The van der Waals surface area contributed by atoms with Crippen LogP contribution in [0.4, 0.5) is 16.3 Å². The number of aromatic nitrogens is 1. The number of urea groups is 1. The molecule has 1 atom stereocenters. The maximum absolute atomic E-state index is 11.8. The second-order valence-electron chi connectivity index (χ2n) is 5.36. The van der Waals surface area contributed by atoms with Crippen molar-refractivity contribution < 1.29 is 14.3 Å². The number of nitrogens with one attached hydrogen (secondary N) is 2. The summed E-state index contributed by atoms with van der Waals surface area (Å²) in [6.45, 7) is 1.59. The summed E-state index contributed by atoms with van der Waals surface area (Å²) in [5.74, 6) is 1.19. The van der Waals surface area contributed by atoms with Gasteiger partial charge in [0.1, 0.15) is 17.2 Å². The second-order valence-corrected chi connectivity index (χ2v) is 5.36. The van der Waals surface area contributed by atoms with E-state index in [1.54, 1.807) is 37.4 Å². The van der Waals surface area contributed by atoms with Crippen LogP contribution in [0.3, 0.4) is 0 Å². The number of amides is 2. The average Bonchev–Trinajstić information content (AvgIpc) is 3.01. The number of nitrogens with zero attached hydrogens (tertiary/aromatic N) is 2. The predicted octanol–water partition coefficient (Wildman–Crippen LogP) is 1.77. The number of hydrogen-bond acceptors (Lipinski definition) is 5. The average molecular weight is 304 g/mol. The van der Waals surface area contributed by atoms with Gasteiger partial charge in [0, 0.05) is 14.1 Å². The summed E-state index contributed by atoms with van der Waals surface area (Å²) < 4.78 is 5.15. The summed E-state index contributed by atoms with van der Waals surface area (Å²) in [5, 5.41) is 15.5. The molecule has 0 spiro atoms. The Morgan fingerprint density at radius 1 is 1.41 bits per heavy atom. The molecule has 2 rings (SSSR count). The van der Waals surface area contributed by atoms with Crippen molar-refractivity contribution in [2.75, 3.05) is 30.9 Å². The second kappa shape index (κ2) is 6.48. The Morgan fingerprint density at radius 3 is 2.73 bits per heavy atom. The largest absolute Gasteiger partial charge is 0.466 e. The highest BCUT2D eigenvalue weighted by atomic mass is 16.4. The number of hydrogen-bond donors (Lipinski definition) is 3. The molecule has 2 aromatic rings. The van der Waals surface area contributed by atoms with E-state index in [2.05, 4.69) is 15.6 Å². The van der Waals surface area contributed by atoms with Gasteiger partial charge < -0.3 is 25.1 Å². The molecule has 3 N–H and O–H groups in total. The summed E-state index contributed by atoms with van der Waals surface area (Å²) in [7, 11) is 3.78. The molecule has 7 heteroatoms. The van der Waals surface area contributed by atoms with Crippen LogP contribution in [-0.2, 0) is 5.60 Å². The van der Waals surface area contributed by atoms with Gasteiger partial charge >= 0.3 is 6.03 Å². The van der Waals surface area contributed by atoms with E-state index >= 15 is 0 Å². The fourth-order valence-electron chi connectivity index (χ4n) is 1.82. The van der Waals surface area contributed by atoms with E-state index < -0.39 is 11.6 Å². The predicted molar refractivity (Wildman–Crippen MR) is 83.9 cm³/mol. The third-order valence-electron chi connectivity index (χ3n) is 3.11. The van der Waals surface area contributed by atoms with Crippen molar-refractivity contribution in [3.63, 3.8) is 0 Å². The lowest BCUT2D eigenvalue weighted by molar-refractivity contribution is 0.0372. The topological polar surface area (TPSA) is 90.6 Å². The molecular weight excluding hydrogens is 284 g/mol. The first-order valence-corrected chi connectivity index (χ1v) is 6.83. The lowest BCUT2D eigenvalue weighted by Gasteiger charge is -2.21. The van der Waals surface area contributed by atoms with E-state index in [4.69, 9.17) is 4.42 Å². The molecule has 0 bridgehead atoms. The Morgan fingerprint density at radius 2 is 2.18 bits per heavy atom. The number of furan rings is 1. The molecule has 0 saturated carbocycles. The normalized spacial score (nSPS) is 13.3. The summed E-state index contributed by atoms with van der Waals surface area (Å²) in [4.78, 5) is 17.9. The Hall–Kier alpha value is -2.54. The van der Waals surface area contributed by atoms with Crippen molar-refractivity contribution in [3.8, 4) is 0 Å². The van der Waals surface area contributed by atoms with E-state index in [0.29, 0.717) is 11.4 Å². The first kappa shape index (κ1) is 15.8. The molecule has 2 aromatic heterocycles. The van der Waals surface area contributed by atoms with E-state index in [-0.39, 0.29) is 6.54 Å². The van der Waals surface area contributed by atoms with Crippen LogP contribution in [0.1, 0.15) is 12.7 Å². The van der Waals surface area contributed by atoms with Gasteiger partial charge in [-0.2, -0.15) is 0 Å². The zero-order chi connectivity index (χ0) is 16.2. The molecule has 0 aliphatic rings. The standard InChI is InChI=1S/C15H20N4O3/c1-15(21,12-5-4-8-22-12)10-17-14(20)18-11-6-7-13(16-9-11)19(2)3/h4-9,21H,10H2,1-3H3,(H2,17,18,20)/t15-/m1/s1. The molecule has 0 aromatic carbocycles. The highest BCUT2D eigenvalue weighted by Crippen LogP contribution is 2.19. The molecular formula is C15H20N4O3. The molecule has 0 aliphatic heterocycles. The molecule has 0 saturated heterocycles. The molecule has 22 heavy (non-hydrogen) atoms. The quantitative estimate of drug-likeness (QED) is 0.783. The van der Waals surface area contributed by atoms with Crippen LogP contribution < -0.4 is 15.5 Å². The maximum atomic E-state index is 11.8. The zero-order valence-corrected chi connectivity index (χ0v) is 12.8. The van der Waals surface area contributed by atoms with Crippen LogP contribution in [0, 0.1) is 0 Å². The first-order valence-electron chi connectivity index (χ1n) is 6.83. The van der Waals surface area contributed by atoms with Gasteiger partial charge in [-0.3, -0.25) is 0 Å². The minimum absolute atomic E-state index is 0.0234. The molecule has 7 nitrogen and oxygen atoms in total. The Balaban J connectivity index is 1.88. The van der Waals surface area contributed by atoms with Gasteiger partial charge in [-0.25, -0.2) is 9.78 Å². The Bertz CT molecular complexity index is 606. The van der Waals surface area contributed by atoms with E-state index in [1.807, 2.05) is 19.0 Å². The van der Waals surface area contributed by atoms with Crippen molar-refractivity contribution in [3.05, 3.63) is 42.5 Å². The van der Waals surface area contributed by atoms with Crippen molar-refractivity contribution in [1.29, 1.82) is 0 Å². The molecule has 118 valence electrons. The fraction of sp³-hybridized carbons (Fsp3) is 0.333. The first-order chi connectivity index (χ1) is 10.4. The third kappa shape index (κ3) is 3.98. The maximum Gasteiger partial charge on any atom is 0.319 e. The zero-order valence-electron chi connectivity index (χ0n) is 12.8. The molecule has 0 aliphatic carbocycles. The number of aliphatic hydroxyl groups is 1. The minimum Gasteiger partial charge on any atom is -0.466 e. The molecule has 0 fully saturated rings. The van der Waals surface area contributed by atoms with Gasteiger partial charge in [-0.05, 0) is 31.2 Å². The summed E-state index contributed by atoms with van der Waals surface area (Å²) >= 11 is 0. The minimum atomic E-state index is -1.27. The molecule has 0 radical (unpaired) electrons. The third-order valence-corrected chi connectivity index (χ3v) is 3.11. The highest BCUT2D eigenvalue weighted by Gasteiger charge is 2.26. The van der Waals surface area contributed by atoms with Gasteiger partial charge in [-0.1, -0.05) is 0 Å². The van der Waals surface area contributed by atoms with Gasteiger partial charge in [0.2, 0.25) is 0 Å². The number of pyridine rings is 1. The van der Waals surface area contributed by atoms with Crippen LogP contribution in [-0.4, -0.2) is 36.8 Å². The van der Waals surface area contributed by atoms with Gasteiger partial charge in [0.05, 0.1) is 24.7 Å². The smallest absolute Gasteiger partial charge is 0.319 e. The lowest BCUT2D eigenvalue weighted by atomic mass is 10.0. The van der Waals surface area contributed by atoms with Crippen LogP contribution >= 0.6 is 0 Å². The van der Waals surface area contributed by atoms with E-state index in [9.17, 15) is 9.90 Å². The van der Waals surface area contributed by atoms with Crippen molar-refractivity contribution in [1.82, 2.24) is 10.3 Å². The Labute approximate surface area is 129 Å². The van der Waals surface area contributed by atoms with Crippen molar-refractivity contribution in [2.45, 2.75) is 12.5 Å². The molecule has 2 heterocycles. The van der Waals surface area contributed by atoms with Crippen molar-refractivity contribution in [2.24, 2.45) is 0 Å². The lowest BCUT2D eigenvalue weighted by Crippen LogP contribution is -2.40. The number of rotatable bonds is 5. The summed E-state index contributed by atoms with van der Waals surface area (Å²) in [5.41, 5.74) is -0.700. The Kier molecular flexibility index (Phi) is 4.67. The number of carbonyl (C=O) groups excluding carboxylic acids is 1. The van der Waals surface area contributed by atoms with E-state index in [1.165, 1.54) is 6.26 Å². The SMILES string of the molecule is CN(C)c1ccc(NC(=O)NC[C@@](C)(O)c2ccco2)cn1. The molecule has 0 unspecified atom stereocenters. The fourth-order valence-corrected chi connectivity index (χ4v) is 1.82. The van der Waals surface area contributed by atoms with Crippen LogP contribution in [0.25, 0.3) is 0 Å². The summed E-state index contributed by atoms with van der Waals surface area (Å²) in [6, 6.07) is 6.47. The monoisotopic (exact) mass is 304 g/mol.